The number of carbonyl (C=O) groups excluding carboxylic acids is 2. The van der Waals surface area contributed by atoms with Crippen molar-refractivity contribution in [3.8, 4) is 16.9 Å². The van der Waals surface area contributed by atoms with Gasteiger partial charge in [0.15, 0.2) is 0 Å². The molecular weight excluding hydrogens is 451 g/mol. The topological polar surface area (TPSA) is 78.9 Å². The molecule has 182 valence electrons. The average molecular weight is 485 g/mol. The third kappa shape index (κ3) is 5.61. The Morgan fingerprint density at radius 1 is 1.09 bits per heavy atom. The highest BCUT2D eigenvalue weighted by atomic mass is 31.2. The fourth-order valence-corrected chi connectivity index (χ4v) is 6.69. The maximum Gasteiger partial charge on any atom is 0.330 e. The Kier molecular flexibility index (Phi) is 8.37. The summed E-state index contributed by atoms with van der Waals surface area (Å²) in [6.07, 6.45) is 3.24. The first-order valence-electron chi connectivity index (χ1n) is 11.7. The number of carbonyl (C=O) groups is 2. The van der Waals surface area contributed by atoms with Crippen molar-refractivity contribution in [2.24, 2.45) is 11.3 Å². The van der Waals surface area contributed by atoms with Gasteiger partial charge < -0.3 is 14.0 Å². The smallest absolute Gasteiger partial charge is 0.330 e. The molecule has 1 heterocycles. The largest absolute Gasteiger partial charge is 0.465 e. The zero-order valence-corrected chi connectivity index (χ0v) is 21.0. The quantitative estimate of drug-likeness (QED) is 0.229. The van der Waals surface area contributed by atoms with Crippen LogP contribution in [-0.4, -0.2) is 31.3 Å². The molecule has 0 amide bonds. The molecule has 0 aromatic heterocycles. The van der Waals surface area contributed by atoms with E-state index in [-0.39, 0.29) is 30.7 Å². The van der Waals surface area contributed by atoms with Crippen molar-refractivity contribution in [3.05, 3.63) is 61.2 Å². The van der Waals surface area contributed by atoms with Gasteiger partial charge in [0, 0.05) is 23.0 Å². The minimum Gasteiger partial charge on any atom is -0.465 e. The number of hydrogen-bond donors (Lipinski definition) is 0. The summed E-state index contributed by atoms with van der Waals surface area (Å²) < 4.78 is 30.8. The van der Waals surface area contributed by atoms with E-state index in [4.69, 9.17) is 14.0 Å². The Labute approximate surface area is 201 Å². The van der Waals surface area contributed by atoms with E-state index in [0.717, 1.165) is 36.5 Å². The summed E-state index contributed by atoms with van der Waals surface area (Å²) >= 11 is 0. The van der Waals surface area contributed by atoms with Gasteiger partial charge >= 0.3 is 11.9 Å². The fourth-order valence-electron chi connectivity index (χ4n) is 4.57. The van der Waals surface area contributed by atoms with Crippen molar-refractivity contribution < 1.29 is 28.2 Å². The molecule has 0 saturated carbocycles. The monoisotopic (exact) mass is 484 g/mol. The van der Waals surface area contributed by atoms with Crippen molar-refractivity contribution in [3.63, 3.8) is 0 Å². The molecule has 7 heteroatoms. The van der Waals surface area contributed by atoms with Crippen LogP contribution < -0.4 is 9.83 Å². The zero-order valence-electron chi connectivity index (χ0n) is 20.1. The predicted molar refractivity (Wildman–Crippen MR) is 134 cm³/mol. The molecule has 3 atom stereocenters. The lowest BCUT2D eigenvalue weighted by molar-refractivity contribution is -0.149. The van der Waals surface area contributed by atoms with Crippen LogP contribution in [0.25, 0.3) is 11.1 Å². The lowest BCUT2D eigenvalue weighted by Gasteiger charge is -2.36. The number of esters is 2. The maximum absolute atomic E-state index is 13.9. The Morgan fingerprint density at radius 3 is 2.44 bits per heavy atom. The summed E-state index contributed by atoms with van der Waals surface area (Å²) in [5.41, 5.74) is 1.31. The van der Waals surface area contributed by atoms with Crippen LogP contribution in [0.5, 0.6) is 5.75 Å². The molecule has 3 unspecified atom stereocenters. The Balaban J connectivity index is 1.73. The zero-order chi connectivity index (χ0) is 24.8. The van der Waals surface area contributed by atoms with Crippen LogP contribution in [0.3, 0.4) is 0 Å². The molecule has 2 aromatic rings. The van der Waals surface area contributed by atoms with E-state index in [0.29, 0.717) is 11.1 Å². The maximum atomic E-state index is 13.9. The molecule has 0 aliphatic carbocycles. The molecule has 34 heavy (non-hydrogen) atoms. The van der Waals surface area contributed by atoms with Gasteiger partial charge in [0.25, 0.3) is 7.37 Å². The number of ether oxygens (including phenoxy) is 2. The number of benzene rings is 2. The highest BCUT2D eigenvalue weighted by Gasteiger charge is 2.39. The minimum atomic E-state index is -3.50. The van der Waals surface area contributed by atoms with Crippen LogP contribution in [0.15, 0.2) is 61.2 Å². The predicted octanol–water partition coefficient (Wildman–Crippen LogP) is 5.75. The lowest BCUT2D eigenvalue weighted by Crippen LogP contribution is -2.36. The highest BCUT2D eigenvalue weighted by molar-refractivity contribution is 7.68. The normalized spacial score (nSPS) is 18.9. The second-order valence-corrected chi connectivity index (χ2v) is 11.3. The third-order valence-corrected chi connectivity index (χ3v) is 8.78. The van der Waals surface area contributed by atoms with Gasteiger partial charge in [-0.15, -0.1) is 0 Å². The summed E-state index contributed by atoms with van der Waals surface area (Å²) in [6, 6.07) is 14.7. The van der Waals surface area contributed by atoms with Gasteiger partial charge in [0.1, 0.15) is 11.9 Å². The highest BCUT2D eigenvalue weighted by Crippen LogP contribution is 2.54. The molecule has 0 saturated heterocycles. The SMILES string of the molecule is C=CC(=O)OCC(C)(CCC)C(CC)COC(=O)CP1(=O)Oc2ccccc2-c2ccccc21. The molecule has 1 aliphatic rings. The van der Waals surface area contributed by atoms with E-state index in [1.165, 1.54) is 0 Å². The molecule has 3 rings (SSSR count). The van der Waals surface area contributed by atoms with Crippen LogP contribution in [0, 0.1) is 11.3 Å². The Morgan fingerprint density at radius 2 is 1.76 bits per heavy atom. The molecule has 0 spiro atoms. The molecular formula is C27H33O6P. The molecule has 0 fully saturated rings. The molecule has 2 aromatic carbocycles. The fraction of sp³-hybridized carbons (Fsp3) is 0.407. The van der Waals surface area contributed by atoms with Gasteiger partial charge in [-0.25, -0.2) is 4.79 Å². The first-order chi connectivity index (χ1) is 16.3. The number of rotatable bonds is 11. The van der Waals surface area contributed by atoms with E-state index >= 15 is 0 Å². The number of para-hydroxylation sites is 1. The molecule has 6 nitrogen and oxygen atoms in total. The van der Waals surface area contributed by atoms with Crippen molar-refractivity contribution in [1.29, 1.82) is 0 Å². The van der Waals surface area contributed by atoms with Crippen LogP contribution >= 0.6 is 7.37 Å². The van der Waals surface area contributed by atoms with E-state index < -0.39 is 19.3 Å². The first-order valence-corrected chi connectivity index (χ1v) is 13.5. The van der Waals surface area contributed by atoms with Gasteiger partial charge in [-0.05, 0) is 30.5 Å². The number of fused-ring (bicyclic) bond motifs is 3. The standard InChI is InChI=1S/C27H33O6P/c1-5-16-27(4,19-32-25(28)7-3)20(6-2)17-31-26(29)18-34(30)24-15-11-9-13-22(24)21-12-8-10-14-23(21)33-34/h7-15,20H,3,5-6,16-19H2,1-2,4H3. The van der Waals surface area contributed by atoms with Crippen LogP contribution in [0.4, 0.5) is 0 Å². The first kappa shape index (κ1) is 25.8. The second kappa shape index (κ2) is 11.1. The van der Waals surface area contributed by atoms with Crippen molar-refractivity contribution in [1.82, 2.24) is 0 Å². The third-order valence-electron chi connectivity index (χ3n) is 6.49. The second-order valence-electron chi connectivity index (χ2n) is 8.94. The van der Waals surface area contributed by atoms with Gasteiger partial charge in [-0.2, -0.15) is 0 Å². The summed E-state index contributed by atoms with van der Waals surface area (Å²) in [6.45, 7) is 9.92. The summed E-state index contributed by atoms with van der Waals surface area (Å²) in [7, 11) is -3.50. The van der Waals surface area contributed by atoms with Gasteiger partial charge in [-0.3, -0.25) is 9.36 Å². The van der Waals surface area contributed by atoms with Gasteiger partial charge in [0.2, 0.25) is 0 Å². The summed E-state index contributed by atoms with van der Waals surface area (Å²) in [4.78, 5) is 24.5. The average Bonchev–Trinajstić information content (AvgIpc) is 2.83. The van der Waals surface area contributed by atoms with E-state index in [1.54, 1.807) is 18.2 Å². The van der Waals surface area contributed by atoms with Crippen molar-refractivity contribution in [2.75, 3.05) is 19.4 Å². The molecule has 1 aliphatic heterocycles. The van der Waals surface area contributed by atoms with Crippen LogP contribution in [0.1, 0.15) is 40.0 Å². The van der Waals surface area contributed by atoms with Crippen LogP contribution in [0.2, 0.25) is 0 Å². The van der Waals surface area contributed by atoms with Crippen molar-refractivity contribution >= 4 is 24.6 Å². The number of hydrogen-bond acceptors (Lipinski definition) is 6. The van der Waals surface area contributed by atoms with Crippen LogP contribution in [-0.2, 0) is 23.6 Å². The minimum absolute atomic E-state index is 0.0322. The summed E-state index contributed by atoms with van der Waals surface area (Å²) in [5, 5.41) is 0.532. The van der Waals surface area contributed by atoms with E-state index in [1.807, 2.05) is 44.2 Å². The summed E-state index contributed by atoms with van der Waals surface area (Å²) in [5.74, 6) is -0.572. The molecule has 0 radical (unpaired) electrons. The van der Waals surface area contributed by atoms with E-state index in [9.17, 15) is 14.2 Å². The van der Waals surface area contributed by atoms with Gasteiger partial charge in [0.05, 0.1) is 18.5 Å². The van der Waals surface area contributed by atoms with Crippen molar-refractivity contribution in [2.45, 2.75) is 40.0 Å². The molecule has 0 N–H and O–H groups in total. The Bertz CT molecular complexity index is 1090. The van der Waals surface area contributed by atoms with Gasteiger partial charge in [-0.1, -0.05) is 70.2 Å². The Hall–Kier alpha value is -2.85. The molecule has 0 bridgehead atoms. The lowest BCUT2D eigenvalue weighted by atomic mass is 9.73. The van der Waals surface area contributed by atoms with E-state index in [2.05, 4.69) is 13.5 Å².